The summed E-state index contributed by atoms with van der Waals surface area (Å²) >= 11 is 0. The molecule has 116 valence electrons. The zero-order chi connectivity index (χ0) is 15.9. The Bertz CT molecular complexity index is 708. The molecule has 3 amide bonds. The summed E-state index contributed by atoms with van der Waals surface area (Å²) in [7, 11) is 0. The summed E-state index contributed by atoms with van der Waals surface area (Å²) in [5.74, 6) is -1.38. The molecule has 2 heterocycles. The van der Waals surface area contributed by atoms with Crippen molar-refractivity contribution in [3.05, 3.63) is 29.0 Å². The van der Waals surface area contributed by atoms with Crippen molar-refractivity contribution >= 4 is 11.9 Å². The van der Waals surface area contributed by atoms with E-state index in [0.29, 0.717) is 6.54 Å². The number of hydrogen-bond donors (Lipinski definition) is 2. The van der Waals surface area contributed by atoms with E-state index in [9.17, 15) is 14.4 Å². The van der Waals surface area contributed by atoms with Gasteiger partial charge in [0, 0.05) is 18.9 Å². The van der Waals surface area contributed by atoms with Crippen LogP contribution < -0.4 is 16.4 Å². The molecular formula is C12H14N6O4. The van der Waals surface area contributed by atoms with Gasteiger partial charge in [-0.2, -0.15) is 0 Å². The van der Waals surface area contributed by atoms with Crippen molar-refractivity contribution in [3.63, 3.8) is 0 Å². The molecule has 0 aliphatic heterocycles. The van der Waals surface area contributed by atoms with Crippen LogP contribution >= 0.6 is 0 Å². The molecule has 0 fully saturated rings. The monoisotopic (exact) mass is 306 g/mol. The highest BCUT2D eigenvalue weighted by Gasteiger charge is 2.18. The van der Waals surface area contributed by atoms with E-state index in [-0.39, 0.29) is 11.6 Å². The third-order valence-electron chi connectivity index (χ3n) is 2.54. The number of hydrogen-bond acceptors (Lipinski definition) is 7. The predicted octanol–water partition coefficient (Wildman–Crippen LogP) is -0.471. The molecule has 2 aromatic rings. The molecule has 10 heteroatoms. The van der Waals surface area contributed by atoms with E-state index in [1.807, 2.05) is 6.92 Å². The Morgan fingerprint density at radius 3 is 2.73 bits per heavy atom. The summed E-state index contributed by atoms with van der Waals surface area (Å²) in [6, 6.07) is 0.963. The molecule has 0 atom stereocenters. The quantitative estimate of drug-likeness (QED) is 0.763. The number of amides is 3. The van der Waals surface area contributed by atoms with Gasteiger partial charge in [-0.1, -0.05) is 12.1 Å². The van der Waals surface area contributed by atoms with Crippen LogP contribution in [0.15, 0.2) is 27.8 Å². The first kappa shape index (κ1) is 15.4. The number of nitrogens with one attached hydrogen (secondary N) is 2. The summed E-state index contributed by atoms with van der Waals surface area (Å²) in [5.41, 5.74) is 0. The maximum absolute atomic E-state index is 11.8. The number of carbonyl (C=O) groups is 2. The van der Waals surface area contributed by atoms with Gasteiger partial charge in [-0.25, -0.2) is 24.1 Å². The van der Waals surface area contributed by atoms with Gasteiger partial charge in [0.05, 0.1) is 0 Å². The van der Waals surface area contributed by atoms with Crippen LogP contribution in [0.25, 0.3) is 11.6 Å². The topological polar surface area (TPSA) is 132 Å². The molecule has 0 saturated heterocycles. The van der Waals surface area contributed by atoms with Crippen LogP contribution in [-0.2, 0) is 11.3 Å². The Kier molecular flexibility index (Phi) is 4.96. The standard InChI is InChI=1S/C12H14N6O4/c1-2-4-15-11(20)16-8(19)7-18-10(17-22-12(18)21)9-13-5-3-6-14-9/h3,5-6H,2,4,7H2,1H3,(H2,15,16,19,20). The zero-order valence-electron chi connectivity index (χ0n) is 11.8. The normalized spacial score (nSPS) is 10.2. The third kappa shape index (κ3) is 3.75. The van der Waals surface area contributed by atoms with E-state index in [1.54, 1.807) is 6.07 Å². The van der Waals surface area contributed by atoms with Gasteiger partial charge in [0.15, 0.2) is 5.82 Å². The second-order valence-corrected chi connectivity index (χ2v) is 4.23. The Hall–Kier alpha value is -3.04. The van der Waals surface area contributed by atoms with Crippen molar-refractivity contribution < 1.29 is 14.1 Å². The van der Waals surface area contributed by atoms with E-state index in [0.717, 1.165) is 11.0 Å². The molecule has 0 bridgehead atoms. The Morgan fingerprint density at radius 2 is 2.05 bits per heavy atom. The van der Waals surface area contributed by atoms with E-state index in [4.69, 9.17) is 0 Å². The van der Waals surface area contributed by atoms with Crippen LogP contribution in [0, 0.1) is 0 Å². The van der Waals surface area contributed by atoms with E-state index >= 15 is 0 Å². The smallest absolute Gasteiger partial charge is 0.338 e. The van der Waals surface area contributed by atoms with Gasteiger partial charge in [-0.3, -0.25) is 14.6 Å². The number of urea groups is 1. The van der Waals surface area contributed by atoms with Gasteiger partial charge in [0.1, 0.15) is 6.54 Å². The highest BCUT2D eigenvalue weighted by molar-refractivity contribution is 5.94. The average Bonchev–Trinajstić information content (AvgIpc) is 2.87. The molecule has 0 saturated carbocycles. The van der Waals surface area contributed by atoms with Gasteiger partial charge in [-0.05, 0) is 12.5 Å². The summed E-state index contributed by atoms with van der Waals surface area (Å²) in [5, 5.41) is 8.12. The largest absolute Gasteiger partial charge is 0.442 e. The van der Waals surface area contributed by atoms with Crippen molar-refractivity contribution in [2.24, 2.45) is 0 Å². The second-order valence-electron chi connectivity index (χ2n) is 4.23. The fourth-order valence-corrected chi connectivity index (χ4v) is 1.58. The third-order valence-corrected chi connectivity index (χ3v) is 2.54. The van der Waals surface area contributed by atoms with Gasteiger partial charge in [-0.15, -0.1) is 0 Å². The van der Waals surface area contributed by atoms with Crippen LogP contribution in [0.4, 0.5) is 4.79 Å². The van der Waals surface area contributed by atoms with Crippen molar-refractivity contribution in [1.82, 2.24) is 30.3 Å². The number of carbonyl (C=O) groups excluding carboxylic acids is 2. The van der Waals surface area contributed by atoms with Crippen LogP contribution in [0.2, 0.25) is 0 Å². The summed E-state index contributed by atoms with van der Waals surface area (Å²) < 4.78 is 5.46. The van der Waals surface area contributed by atoms with Crippen LogP contribution in [-0.4, -0.2) is 38.2 Å². The van der Waals surface area contributed by atoms with Gasteiger partial charge >= 0.3 is 11.8 Å². The number of imide groups is 1. The van der Waals surface area contributed by atoms with Crippen LogP contribution in [0.3, 0.4) is 0 Å². The number of nitrogens with zero attached hydrogens (tertiary/aromatic N) is 4. The Labute approximate surface area is 124 Å². The summed E-state index contributed by atoms with van der Waals surface area (Å²) in [6.07, 6.45) is 3.66. The Morgan fingerprint density at radius 1 is 1.32 bits per heavy atom. The van der Waals surface area contributed by atoms with Gasteiger partial charge in [0.25, 0.3) is 0 Å². The maximum Gasteiger partial charge on any atom is 0.442 e. The van der Waals surface area contributed by atoms with Crippen molar-refractivity contribution in [2.75, 3.05) is 6.54 Å². The molecule has 0 aliphatic rings. The van der Waals surface area contributed by atoms with E-state index in [1.165, 1.54) is 12.4 Å². The second kappa shape index (κ2) is 7.11. The SMILES string of the molecule is CCCNC(=O)NC(=O)Cn1c(-c2ncccn2)noc1=O. The van der Waals surface area contributed by atoms with Gasteiger partial charge < -0.3 is 5.32 Å². The lowest BCUT2D eigenvalue weighted by molar-refractivity contribution is -0.120. The molecule has 22 heavy (non-hydrogen) atoms. The molecule has 0 aliphatic carbocycles. The Balaban J connectivity index is 2.10. The first-order chi connectivity index (χ1) is 10.6. The molecule has 0 radical (unpaired) electrons. The minimum Gasteiger partial charge on any atom is -0.338 e. The minimum atomic E-state index is -0.841. The first-order valence-corrected chi connectivity index (χ1v) is 6.53. The van der Waals surface area contributed by atoms with Crippen LogP contribution in [0.1, 0.15) is 13.3 Å². The summed E-state index contributed by atoms with van der Waals surface area (Å²) in [4.78, 5) is 42.6. The van der Waals surface area contributed by atoms with Crippen molar-refractivity contribution in [3.8, 4) is 11.6 Å². The molecular weight excluding hydrogens is 292 g/mol. The van der Waals surface area contributed by atoms with Gasteiger partial charge in [0.2, 0.25) is 11.7 Å². The maximum atomic E-state index is 11.8. The van der Waals surface area contributed by atoms with Crippen LogP contribution in [0.5, 0.6) is 0 Å². The van der Waals surface area contributed by atoms with Crippen molar-refractivity contribution in [1.29, 1.82) is 0 Å². The summed E-state index contributed by atoms with van der Waals surface area (Å²) in [6.45, 7) is 1.88. The van der Waals surface area contributed by atoms with E-state index < -0.39 is 24.2 Å². The fraction of sp³-hybridized carbons (Fsp3) is 0.333. The zero-order valence-corrected chi connectivity index (χ0v) is 11.8. The lowest BCUT2D eigenvalue weighted by Gasteiger charge is -2.06. The highest BCUT2D eigenvalue weighted by Crippen LogP contribution is 2.08. The molecule has 0 unspecified atom stereocenters. The predicted molar refractivity (Wildman–Crippen MR) is 73.6 cm³/mol. The molecule has 2 aromatic heterocycles. The molecule has 0 spiro atoms. The molecule has 0 aromatic carbocycles. The fourth-order valence-electron chi connectivity index (χ4n) is 1.58. The molecule has 2 N–H and O–H groups in total. The first-order valence-electron chi connectivity index (χ1n) is 6.53. The highest BCUT2D eigenvalue weighted by atomic mass is 16.5. The molecule has 10 nitrogen and oxygen atoms in total. The number of aromatic nitrogens is 4. The minimum absolute atomic E-state index is 0.00900. The number of rotatable bonds is 5. The lowest BCUT2D eigenvalue weighted by Crippen LogP contribution is -2.42. The van der Waals surface area contributed by atoms with E-state index in [2.05, 4.69) is 30.3 Å². The van der Waals surface area contributed by atoms with Crippen molar-refractivity contribution in [2.45, 2.75) is 19.9 Å². The average molecular weight is 306 g/mol. The molecule has 2 rings (SSSR count). The lowest BCUT2D eigenvalue weighted by atomic mass is 10.4.